The third-order valence-corrected chi connectivity index (χ3v) is 4.68. The third kappa shape index (κ3) is 4.07. The average molecular weight is 372 g/mol. The van der Waals surface area contributed by atoms with Gasteiger partial charge in [-0.25, -0.2) is 0 Å². The van der Waals surface area contributed by atoms with E-state index in [0.717, 1.165) is 44.7 Å². The zero-order chi connectivity index (χ0) is 18.8. The molecule has 0 radical (unpaired) electrons. The molecule has 1 N–H and O–H groups in total. The first-order valence-corrected chi connectivity index (χ1v) is 9.31. The first kappa shape index (κ1) is 17.4. The van der Waals surface area contributed by atoms with Gasteiger partial charge < -0.3 is 10.1 Å². The average Bonchev–Trinajstić information content (AvgIpc) is 2.80. The summed E-state index contributed by atoms with van der Waals surface area (Å²) < 4.78 is 6.02. The fourth-order valence-corrected chi connectivity index (χ4v) is 3.28. The Bertz CT molecular complexity index is 1040. The molecule has 27 heavy (non-hydrogen) atoms. The molecule has 3 aromatic carbocycles. The van der Waals surface area contributed by atoms with Gasteiger partial charge in [-0.1, -0.05) is 54.2 Å². The molecule has 0 spiro atoms. The number of fused-ring (bicyclic) bond motifs is 1. The van der Waals surface area contributed by atoms with E-state index in [1.165, 1.54) is 5.56 Å². The monoisotopic (exact) mass is 372 g/mol. The number of hydrogen-bond donors (Lipinski definition) is 1. The number of aryl methyl sites for hydroxylation is 2. The summed E-state index contributed by atoms with van der Waals surface area (Å²) in [5.74, 6) is 1.57. The number of anilines is 1. The summed E-state index contributed by atoms with van der Waals surface area (Å²) >= 11 is 5.50. The second-order valence-corrected chi connectivity index (χ2v) is 7.24. The molecule has 3 nitrogen and oxygen atoms in total. The van der Waals surface area contributed by atoms with Crippen LogP contribution in [0.5, 0.6) is 11.5 Å². The number of thiocarbonyl (C=S) groups is 1. The minimum absolute atomic E-state index is 0.612. The molecule has 0 atom stereocenters. The lowest BCUT2D eigenvalue weighted by atomic mass is 10.1. The van der Waals surface area contributed by atoms with Crippen LogP contribution in [0.1, 0.15) is 23.1 Å². The molecule has 4 rings (SSSR count). The second-order valence-electron chi connectivity index (χ2n) is 6.75. The standard InChI is InChI=1S/C23H20N2OS/c1-15-6-8-17(9-7-15)21-14-23(27)25-20-11-10-19(13-22(20)24-21)26-18-5-3-4-16(2)12-18/h3-13H,14H2,1-2H3,(H,25,27). The Morgan fingerprint density at radius 3 is 2.44 bits per heavy atom. The highest BCUT2D eigenvalue weighted by atomic mass is 32.1. The summed E-state index contributed by atoms with van der Waals surface area (Å²) in [5, 5.41) is 3.29. The second kappa shape index (κ2) is 7.33. The molecule has 0 bridgehead atoms. The highest BCUT2D eigenvalue weighted by Gasteiger charge is 2.16. The maximum atomic E-state index is 6.02. The molecule has 1 aliphatic heterocycles. The maximum absolute atomic E-state index is 6.02. The van der Waals surface area contributed by atoms with Crippen molar-refractivity contribution >= 4 is 34.3 Å². The van der Waals surface area contributed by atoms with Crippen molar-refractivity contribution in [2.45, 2.75) is 20.3 Å². The predicted octanol–water partition coefficient (Wildman–Crippen LogP) is 6.36. The number of nitrogens with zero attached hydrogens (tertiary/aromatic N) is 1. The lowest BCUT2D eigenvalue weighted by Gasteiger charge is -2.10. The number of hydrogen-bond acceptors (Lipinski definition) is 3. The quantitative estimate of drug-likeness (QED) is 0.543. The van der Waals surface area contributed by atoms with Gasteiger partial charge in [-0.3, -0.25) is 4.99 Å². The van der Waals surface area contributed by atoms with Gasteiger partial charge in [-0.05, 0) is 49.2 Å². The summed E-state index contributed by atoms with van der Waals surface area (Å²) in [6, 6.07) is 22.2. The lowest BCUT2D eigenvalue weighted by Crippen LogP contribution is -2.12. The summed E-state index contributed by atoms with van der Waals surface area (Å²) in [6.45, 7) is 4.13. The van der Waals surface area contributed by atoms with Gasteiger partial charge in [0.05, 0.1) is 22.1 Å². The molecule has 134 valence electrons. The Kier molecular flexibility index (Phi) is 4.73. The number of rotatable bonds is 3. The topological polar surface area (TPSA) is 33.6 Å². The predicted molar refractivity (Wildman–Crippen MR) is 116 cm³/mol. The largest absolute Gasteiger partial charge is 0.457 e. The van der Waals surface area contributed by atoms with Gasteiger partial charge in [0.2, 0.25) is 0 Å². The minimum atomic E-state index is 0.612. The van der Waals surface area contributed by atoms with E-state index in [1.54, 1.807) is 0 Å². The maximum Gasteiger partial charge on any atom is 0.129 e. The molecule has 0 unspecified atom stereocenters. The van der Waals surface area contributed by atoms with Crippen molar-refractivity contribution in [3.05, 3.63) is 83.4 Å². The highest BCUT2D eigenvalue weighted by Crippen LogP contribution is 2.35. The van der Waals surface area contributed by atoms with Crippen LogP contribution in [0.2, 0.25) is 0 Å². The summed E-state index contributed by atoms with van der Waals surface area (Å²) in [6.07, 6.45) is 0.612. The zero-order valence-electron chi connectivity index (χ0n) is 15.3. The number of benzene rings is 3. The van der Waals surface area contributed by atoms with Crippen LogP contribution in [0.15, 0.2) is 71.7 Å². The van der Waals surface area contributed by atoms with Crippen LogP contribution in [0, 0.1) is 13.8 Å². The summed E-state index contributed by atoms with van der Waals surface area (Å²) in [4.78, 5) is 5.66. The molecule has 3 aromatic rings. The van der Waals surface area contributed by atoms with Crippen LogP contribution < -0.4 is 10.1 Å². The van der Waals surface area contributed by atoms with Gasteiger partial charge in [0.25, 0.3) is 0 Å². The number of nitrogens with one attached hydrogen (secondary N) is 1. The van der Waals surface area contributed by atoms with Crippen molar-refractivity contribution in [1.82, 2.24) is 0 Å². The van der Waals surface area contributed by atoms with E-state index in [-0.39, 0.29) is 0 Å². The summed E-state index contributed by atoms with van der Waals surface area (Å²) in [7, 11) is 0. The van der Waals surface area contributed by atoms with Crippen molar-refractivity contribution in [2.75, 3.05) is 5.32 Å². The van der Waals surface area contributed by atoms with E-state index in [9.17, 15) is 0 Å². The molecule has 0 aromatic heterocycles. The van der Waals surface area contributed by atoms with Gasteiger partial charge in [-0.15, -0.1) is 0 Å². The van der Waals surface area contributed by atoms with E-state index in [4.69, 9.17) is 21.9 Å². The Hall–Kier alpha value is -2.98. The Balaban J connectivity index is 1.71. The Morgan fingerprint density at radius 2 is 1.67 bits per heavy atom. The lowest BCUT2D eigenvalue weighted by molar-refractivity contribution is 0.482. The van der Waals surface area contributed by atoms with Crippen LogP contribution in [0.4, 0.5) is 11.4 Å². The minimum Gasteiger partial charge on any atom is -0.457 e. The number of aliphatic imine (C=N–C) groups is 1. The van der Waals surface area contributed by atoms with Gasteiger partial charge in [0, 0.05) is 12.5 Å². The molecule has 1 heterocycles. The number of ether oxygens (including phenoxy) is 1. The van der Waals surface area contributed by atoms with Crippen LogP contribution >= 0.6 is 12.2 Å². The van der Waals surface area contributed by atoms with Crippen molar-refractivity contribution in [3.8, 4) is 11.5 Å². The molecular formula is C23H20N2OS. The van der Waals surface area contributed by atoms with E-state index in [0.29, 0.717) is 6.42 Å². The van der Waals surface area contributed by atoms with Crippen LogP contribution in [-0.2, 0) is 0 Å². The van der Waals surface area contributed by atoms with Crippen molar-refractivity contribution in [1.29, 1.82) is 0 Å². The van der Waals surface area contributed by atoms with Gasteiger partial charge >= 0.3 is 0 Å². The van der Waals surface area contributed by atoms with E-state index in [2.05, 4.69) is 36.5 Å². The van der Waals surface area contributed by atoms with Gasteiger partial charge in [-0.2, -0.15) is 0 Å². The third-order valence-electron chi connectivity index (χ3n) is 4.44. The normalized spacial score (nSPS) is 13.3. The molecule has 0 amide bonds. The molecule has 1 aliphatic rings. The first-order chi connectivity index (χ1) is 13.1. The van der Waals surface area contributed by atoms with Crippen LogP contribution in [0.3, 0.4) is 0 Å². The van der Waals surface area contributed by atoms with E-state index in [1.807, 2.05) is 49.4 Å². The SMILES string of the molecule is Cc1ccc(C2=Nc3cc(Oc4cccc(C)c4)ccc3NC(=S)C2)cc1. The van der Waals surface area contributed by atoms with Crippen LogP contribution in [0.25, 0.3) is 0 Å². The highest BCUT2D eigenvalue weighted by molar-refractivity contribution is 7.80. The van der Waals surface area contributed by atoms with Gasteiger partial charge in [0.1, 0.15) is 11.5 Å². The Morgan fingerprint density at radius 1 is 0.889 bits per heavy atom. The fraction of sp³-hybridized carbons (Fsp3) is 0.130. The van der Waals surface area contributed by atoms with E-state index >= 15 is 0 Å². The first-order valence-electron chi connectivity index (χ1n) is 8.90. The smallest absolute Gasteiger partial charge is 0.129 e. The molecule has 4 heteroatoms. The molecular weight excluding hydrogens is 352 g/mol. The van der Waals surface area contributed by atoms with Crippen LogP contribution in [-0.4, -0.2) is 10.7 Å². The molecule has 0 saturated heterocycles. The molecule has 0 fully saturated rings. The van der Waals surface area contributed by atoms with Gasteiger partial charge in [0.15, 0.2) is 0 Å². The zero-order valence-corrected chi connectivity index (χ0v) is 16.1. The van der Waals surface area contributed by atoms with Crippen molar-refractivity contribution in [2.24, 2.45) is 4.99 Å². The molecule has 0 aliphatic carbocycles. The molecule has 0 saturated carbocycles. The van der Waals surface area contributed by atoms with Crippen molar-refractivity contribution < 1.29 is 4.74 Å². The summed E-state index contributed by atoms with van der Waals surface area (Å²) in [5.41, 5.74) is 6.16. The van der Waals surface area contributed by atoms with E-state index < -0.39 is 0 Å². The fourth-order valence-electron chi connectivity index (χ4n) is 3.03. The Labute approximate surface area is 164 Å². The van der Waals surface area contributed by atoms with Crippen molar-refractivity contribution in [3.63, 3.8) is 0 Å².